The summed E-state index contributed by atoms with van der Waals surface area (Å²) < 4.78 is 37.0. The molecule has 0 heterocycles. The Morgan fingerprint density at radius 2 is 1.26 bits per heavy atom. The van der Waals surface area contributed by atoms with Crippen molar-refractivity contribution in [1.29, 1.82) is 0 Å². The zero-order valence-electron chi connectivity index (χ0n) is 19.8. The van der Waals surface area contributed by atoms with Gasteiger partial charge in [-0.3, -0.25) is 0 Å². The van der Waals surface area contributed by atoms with Crippen molar-refractivity contribution in [3.05, 3.63) is 50.1 Å². The standard InChI is InChI=1S/C22H32O11Si/c1-8-18(23)31-22(32-19(24)9-2,33-20(25)10-3)13-16-34(27-6,28-7)30-15-12-11-14-29-21(26)17(4)5/h8-10H,1-4,11-16H2,5-7H3. The van der Waals surface area contributed by atoms with Crippen LogP contribution in [-0.2, 0) is 51.4 Å². The van der Waals surface area contributed by atoms with Crippen molar-refractivity contribution in [2.45, 2.75) is 38.2 Å². The fourth-order valence-corrected chi connectivity index (χ4v) is 4.33. The molecule has 12 heteroatoms. The van der Waals surface area contributed by atoms with Gasteiger partial charge in [-0.15, -0.1) is 0 Å². The lowest BCUT2D eigenvalue weighted by molar-refractivity contribution is -0.325. The highest BCUT2D eigenvalue weighted by Gasteiger charge is 2.49. The van der Waals surface area contributed by atoms with Crippen molar-refractivity contribution < 1.29 is 51.4 Å². The van der Waals surface area contributed by atoms with Crippen LogP contribution in [0.1, 0.15) is 26.2 Å². The molecule has 0 aliphatic heterocycles. The molecule has 0 amide bonds. The number of hydrogen-bond acceptors (Lipinski definition) is 11. The van der Waals surface area contributed by atoms with Crippen LogP contribution in [-0.4, -0.2) is 66.1 Å². The fraction of sp³-hybridized carbons (Fsp3) is 0.455. The lowest BCUT2D eigenvalue weighted by Gasteiger charge is -2.33. The molecule has 0 saturated carbocycles. The van der Waals surface area contributed by atoms with Gasteiger partial charge in [0.15, 0.2) is 0 Å². The van der Waals surface area contributed by atoms with Crippen molar-refractivity contribution in [2.75, 3.05) is 27.4 Å². The maximum atomic E-state index is 11.9. The zero-order chi connectivity index (χ0) is 26.2. The summed E-state index contributed by atoms with van der Waals surface area (Å²) in [5.74, 6) is -6.04. The second-order valence-electron chi connectivity index (χ2n) is 6.62. The van der Waals surface area contributed by atoms with Crippen LogP contribution in [0.4, 0.5) is 0 Å². The Balaban J connectivity index is 5.39. The maximum absolute atomic E-state index is 11.9. The average Bonchev–Trinajstić information content (AvgIpc) is 2.82. The quantitative estimate of drug-likeness (QED) is 0.0903. The molecule has 0 N–H and O–H groups in total. The predicted molar refractivity (Wildman–Crippen MR) is 122 cm³/mol. The minimum absolute atomic E-state index is 0.0933. The van der Waals surface area contributed by atoms with Gasteiger partial charge in [-0.1, -0.05) is 26.3 Å². The van der Waals surface area contributed by atoms with Crippen molar-refractivity contribution >= 4 is 32.7 Å². The van der Waals surface area contributed by atoms with Crippen LogP contribution >= 0.6 is 0 Å². The van der Waals surface area contributed by atoms with E-state index in [2.05, 4.69) is 26.3 Å². The third-order valence-electron chi connectivity index (χ3n) is 4.07. The molecule has 0 saturated heterocycles. The Kier molecular flexibility index (Phi) is 14.3. The third kappa shape index (κ3) is 11.2. The van der Waals surface area contributed by atoms with Crippen molar-refractivity contribution in [1.82, 2.24) is 0 Å². The molecule has 34 heavy (non-hydrogen) atoms. The van der Waals surface area contributed by atoms with Gasteiger partial charge < -0.3 is 32.2 Å². The molecule has 0 aliphatic rings. The number of hydrogen-bond donors (Lipinski definition) is 0. The second-order valence-corrected chi connectivity index (χ2v) is 9.59. The van der Waals surface area contributed by atoms with Gasteiger partial charge >= 0.3 is 38.7 Å². The molecule has 190 valence electrons. The van der Waals surface area contributed by atoms with E-state index >= 15 is 0 Å². The molecule has 0 bridgehead atoms. The molecule has 0 atom stereocenters. The van der Waals surface area contributed by atoms with E-state index in [4.69, 9.17) is 32.2 Å². The Labute approximate surface area is 200 Å². The topological polar surface area (TPSA) is 133 Å². The molecule has 0 unspecified atom stereocenters. The second kappa shape index (κ2) is 15.7. The van der Waals surface area contributed by atoms with E-state index in [-0.39, 0.29) is 19.3 Å². The number of ether oxygens (including phenoxy) is 4. The van der Waals surface area contributed by atoms with Crippen LogP contribution in [0, 0.1) is 0 Å². The smallest absolute Gasteiger partial charge is 0.462 e. The summed E-state index contributed by atoms with van der Waals surface area (Å²) in [5, 5.41) is 0. The van der Waals surface area contributed by atoms with Crippen LogP contribution in [0.25, 0.3) is 0 Å². The third-order valence-corrected chi connectivity index (χ3v) is 6.82. The van der Waals surface area contributed by atoms with Crippen LogP contribution in [0.5, 0.6) is 0 Å². The van der Waals surface area contributed by atoms with Crippen molar-refractivity contribution in [3.8, 4) is 0 Å². The Morgan fingerprint density at radius 1 is 0.824 bits per heavy atom. The zero-order valence-corrected chi connectivity index (χ0v) is 20.8. The molecule has 0 aromatic heterocycles. The number of carbonyl (C=O) groups excluding carboxylic acids is 4. The summed E-state index contributed by atoms with van der Waals surface area (Å²) in [4.78, 5) is 47.1. The summed E-state index contributed by atoms with van der Waals surface area (Å²) >= 11 is 0. The molecule has 0 aliphatic carbocycles. The van der Waals surface area contributed by atoms with Gasteiger partial charge in [0.1, 0.15) is 0 Å². The van der Waals surface area contributed by atoms with Gasteiger partial charge in [-0.2, -0.15) is 0 Å². The molecular formula is C22H32O11Si. The van der Waals surface area contributed by atoms with Gasteiger partial charge in [-0.25, -0.2) is 19.2 Å². The summed E-state index contributed by atoms with van der Waals surface area (Å²) in [6, 6.07) is -0.0933. The first-order chi connectivity index (χ1) is 16.0. The van der Waals surface area contributed by atoms with Crippen LogP contribution in [0.2, 0.25) is 6.04 Å². The number of unbranched alkanes of at least 4 members (excludes halogenated alkanes) is 1. The van der Waals surface area contributed by atoms with E-state index in [1.54, 1.807) is 6.92 Å². The molecule has 0 spiro atoms. The molecule has 0 rings (SSSR count). The Bertz CT molecular complexity index is 716. The minimum Gasteiger partial charge on any atom is -0.462 e. The van der Waals surface area contributed by atoms with Gasteiger partial charge in [0.2, 0.25) is 0 Å². The van der Waals surface area contributed by atoms with Gasteiger partial charge in [-0.05, 0) is 19.8 Å². The minimum atomic E-state index is -3.41. The van der Waals surface area contributed by atoms with E-state index in [1.807, 2.05) is 0 Å². The highest BCUT2D eigenvalue weighted by atomic mass is 28.4. The average molecular weight is 501 g/mol. The summed E-state index contributed by atoms with van der Waals surface area (Å²) in [6.07, 6.45) is 3.01. The monoisotopic (exact) mass is 500 g/mol. The van der Waals surface area contributed by atoms with E-state index in [0.717, 1.165) is 18.2 Å². The Hall–Kier alpha value is -3.06. The van der Waals surface area contributed by atoms with Crippen molar-refractivity contribution in [3.63, 3.8) is 0 Å². The first-order valence-corrected chi connectivity index (χ1v) is 12.1. The van der Waals surface area contributed by atoms with E-state index in [9.17, 15) is 19.2 Å². The summed E-state index contributed by atoms with van der Waals surface area (Å²) in [5.41, 5.74) is 0.302. The fourth-order valence-electron chi connectivity index (χ4n) is 2.30. The van der Waals surface area contributed by atoms with Crippen LogP contribution in [0.15, 0.2) is 50.1 Å². The van der Waals surface area contributed by atoms with E-state index in [1.165, 1.54) is 14.2 Å². The molecule has 11 nitrogen and oxygen atoms in total. The van der Waals surface area contributed by atoms with Gasteiger partial charge in [0.25, 0.3) is 0 Å². The maximum Gasteiger partial charge on any atom is 0.500 e. The van der Waals surface area contributed by atoms with Crippen molar-refractivity contribution in [2.24, 2.45) is 0 Å². The lowest BCUT2D eigenvalue weighted by Crippen LogP contribution is -2.49. The number of carbonyl (C=O) groups is 4. The molecule has 0 radical (unpaired) electrons. The molecule has 0 fully saturated rings. The van der Waals surface area contributed by atoms with Gasteiger partial charge in [0, 0.05) is 50.7 Å². The first kappa shape index (κ1) is 30.9. The predicted octanol–water partition coefficient (Wildman–Crippen LogP) is 2.37. The summed E-state index contributed by atoms with van der Waals surface area (Å²) in [7, 11) is -0.701. The highest BCUT2D eigenvalue weighted by molar-refractivity contribution is 6.60. The largest absolute Gasteiger partial charge is 0.500 e. The number of esters is 4. The van der Waals surface area contributed by atoms with E-state index < -0.39 is 45.1 Å². The number of rotatable bonds is 18. The molecule has 0 aromatic rings. The van der Waals surface area contributed by atoms with Crippen LogP contribution < -0.4 is 0 Å². The van der Waals surface area contributed by atoms with Crippen LogP contribution in [0.3, 0.4) is 0 Å². The normalized spacial score (nSPS) is 11.0. The molecular weight excluding hydrogens is 468 g/mol. The Morgan fingerprint density at radius 3 is 1.65 bits per heavy atom. The highest BCUT2D eigenvalue weighted by Crippen LogP contribution is 2.29. The SMILES string of the molecule is C=CC(=O)OC(CC[Si](OC)(OC)OCCCCOC(=O)C(=C)C)(OC(=O)C=C)OC(=O)C=C. The van der Waals surface area contributed by atoms with Gasteiger partial charge in [0.05, 0.1) is 13.0 Å². The summed E-state index contributed by atoms with van der Waals surface area (Å²) in [6.45, 7) is 15.2. The first-order valence-electron chi connectivity index (χ1n) is 10.2. The lowest BCUT2D eigenvalue weighted by atomic mass is 10.3. The van der Waals surface area contributed by atoms with E-state index in [0.29, 0.717) is 18.4 Å². The molecule has 0 aromatic carbocycles.